The maximum Gasteiger partial charge on any atom is 0.211 e. The first kappa shape index (κ1) is 12.4. The fourth-order valence-corrected chi connectivity index (χ4v) is 1.25. The second-order valence-electron chi connectivity index (χ2n) is 2.35. The molecule has 0 spiro atoms. The molecule has 0 bridgehead atoms. The van der Waals surface area contributed by atoms with Gasteiger partial charge in [-0.3, -0.25) is 0 Å². The molecule has 78 valence electrons. The first-order chi connectivity index (χ1) is 6.12. The van der Waals surface area contributed by atoms with Crippen LogP contribution in [0.1, 0.15) is 20.3 Å². The van der Waals surface area contributed by atoms with Crippen LogP contribution in [0.25, 0.3) is 0 Å². The van der Waals surface area contributed by atoms with E-state index < -0.39 is 10.0 Å². The van der Waals surface area contributed by atoms with E-state index in [-0.39, 0.29) is 5.75 Å². The second-order valence-corrected chi connectivity index (χ2v) is 4.44. The molecule has 13 heavy (non-hydrogen) atoms. The van der Waals surface area contributed by atoms with E-state index >= 15 is 0 Å². The molecule has 0 aliphatic heterocycles. The van der Waals surface area contributed by atoms with Crippen LogP contribution in [0.3, 0.4) is 0 Å². The lowest BCUT2D eigenvalue weighted by atomic mass is 10.5. The Bertz CT molecular complexity index is 236. The van der Waals surface area contributed by atoms with Crippen molar-refractivity contribution in [2.24, 2.45) is 5.16 Å². The number of sulfonamides is 1. The molecule has 0 amide bonds. The van der Waals surface area contributed by atoms with E-state index in [0.717, 1.165) is 0 Å². The lowest BCUT2D eigenvalue weighted by Crippen LogP contribution is -2.26. The Kier molecular flexibility index (Phi) is 6.52. The van der Waals surface area contributed by atoms with Gasteiger partial charge < -0.3 is 4.84 Å². The van der Waals surface area contributed by atoms with E-state index in [1.165, 1.54) is 6.21 Å². The summed E-state index contributed by atoms with van der Waals surface area (Å²) in [6.07, 6.45) is 2.16. The van der Waals surface area contributed by atoms with Crippen LogP contribution in [0, 0.1) is 0 Å². The molecular formula is C7H16N2O3S. The highest BCUT2D eigenvalue weighted by atomic mass is 32.2. The quantitative estimate of drug-likeness (QED) is 0.372. The van der Waals surface area contributed by atoms with Crippen molar-refractivity contribution in [2.45, 2.75) is 20.3 Å². The van der Waals surface area contributed by atoms with Crippen molar-refractivity contribution in [2.75, 3.05) is 18.9 Å². The van der Waals surface area contributed by atoms with Crippen molar-refractivity contribution in [1.29, 1.82) is 0 Å². The summed E-state index contributed by atoms with van der Waals surface area (Å²) in [6, 6.07) is 0. The first-order valence-corrected chi connectivity index (χ1v) is 5.85. The molecule has 0 unspecified atom stereocenters. The molecular weight excluding hydrogens is 192 g/mol. The van der Waals surface area contributed by atoms with Gasteiger partial charge in [-0.1, -0.05) is 5.16 Å². The molecule has 0 saturated heterocycles. The number of rotatable bonds is 7. The summed E-state index contributed by atoms with van der Waals surface area (Å²) in [7, 11) is -3.06. The molecule has 0 radical (unpaired) electrons. The van der Waals surface area contributed by atoms with Crippen molar-refractivity contribution < 1.29 is 13.3 Å². The second kappa shape index (κ2) is 6.85. The van der Waals surface area contributed by atoms with Gasteiger partial charge >= 0.3 is 0 Å². The summed E-state index contributed by atoms with van der Waals surface area (Å²) in [6.45, 7) is 4.17. The molecule has 0 atom stereocenters. The van der Waals surface area contributed by atoms with Crippen molar-refractivity contribution in [3.05, 3.63) is 0 Å². The predicted molar refractivity (Wildman–Crippen MR) is 52.2 cm³/mol. The largest absolute Gasteiger partial charge is 0.396 e. The van der Waals surface area contributed by atoms with Crippen molar-refractivity contribution >= 4 is 16.2 Å². The Morgan fingerprint density at radius 2 is 2.23 bits per heavy atom. The lowest BCUT2D eigenvalue weighted by molar-refractivity contribution is 0.144. The highest BCUT2D eigenvalue weighted by molar-refractivity contribution is 7.89. The third-order valence-electron chi connectivity index (χ3n) is 1.29. The van der Waals surface area contributed by atoms with Gasteiger partial charge in [0.2, 0.25) is 10.0 Å². The number of hydrogen-bond donors (Lipinski definition) is 1. The molecule has 0 fully saturated rings. The Labute approximate surface area is 79.2 Å². The van der Waals surface area contributed by atoms with E-state index in [2.05, 4.69) is 9.88 Å². The summed E-state index contributed by atoms with van der Waals surface area (Å²) in [5.41, 5.74) is 0. The maximum absolute atomic E-state index is 10.9. The highest BCUT2D eigenvalue weighted by Gasteiger charge is 2.03. The van der Waals surface area contributed by atoms with E-state index in [1.54, 1.807) is 13.8 Å². The number of nitrogens with one attached hydrogen (secondary N) is 1. The van der Waals surface area contributed by atoms with E-state index in [4.69, 9.17) is 4.84 Å². The van der Waals surface area contributed by atoms with Gasteiger partial charge in [-0.05, 0) is 20.3 Å². The summed E-state index contributed by atoms with van der Waals surface area (Å²) in [5.74, 6) is 0.112. The SMILES string of the molecule is CC=NOCCCNS(=O)(=O)CC. The number of oxime groups is 1. The van der Waals surface area contributed by atoms with Crippen LogP contribution in [0.5, 0.6) is 0 Å². The summed E-state index contributed by atoms with van der Waals surface area (Å²) >= 11 is 0. The highest BCUT2D eigenvalue weighted by Crippen LogP contribution is 1.85. The molecule has 0 rings (SSSR count). The van der Waals surface area contributed by atoms with Crippen LogP contribution in [0.15, 0.2) is 5.16 Å². The van der Waals surface area contributed by atoms with Crippen LogP contribution >= 0.6 is 0 Å². The lowest BCUT2D eigenvalue weighted by Gasteiger charge is -2.02. The van der Waals surface area contributed by atoms with Gasteiger partial charge in [-0.25, -0.2) is 13.1 Å². The molecule has 0 heterocycles. The van der Waals surface area contributed by atoms with E-state index in [9.17, 15) is 8.42 Å². The fraction of sp³-hybridized carbons (Fsp3) is 0.857. The monoisotopic (exact) mass is 208 g/mol. The third kappa shape index (κ3) is 7.73. The normalized spacial score (nSPS) is 12.2. The zero-order chi connectivity index (χ0) is 10.2. The van der Waals surface area contributed by atoms with Gasteiger partial charge in [0.1, 0.15) is 6.61 Å². The van der Waals surface area contributed by atoms with Crippen LogP contribution in [0.4, 0.5) is 0 Å². The summed E-state index contributed by atoms with van der Waals surface area (Å²) in [5, 5.41) is 3.52. The van der Waals surface area contributed by atoms with Crippen molar-refractivity contribution in [3.63, 3.8) is 0 Å². The Balaban J connectivity index is 3.36. The average molecular weight is 208 g/mol. The van der Waals surface area contributed by atoms with Crippen molar-refractivity contribution in [3.8, 4) is 0 Å². The molecule has 0 aromatic rings. The average Bonchev–Trinajstić information content (AvgIpc) is 2.11. The predicted octanol–water partition coefficient (Wildman–Crippen LogP) is 0.338. The molecule has 5 nitrogen and oxygen atoms in total. The molecule has 0 saturated carbocycles. The van der Waals surface area contributed by atoms with Crippen LogP contribution < -0.4 is 4.72 Å². The molecule has 0 aliphatic carbocycles. The summed E-state index contributed by atoms with van der Waals surface area (Å²) < 4.78 is 24.2. The fourth-order valence-electron chi connectivity index (χ4n) is 0.594. The van der Waals surface area contributed by atoms with Gasteiger partial charge in [0, 0.05) is 12.8 Å². The Hall–Kier alpha value is -0.620. The minimum atomic E-state index is -3.06. The van der Waals surface area contributed by atoms with Gasteiger partial charge in [-0.15, -0.1) is 0 Å². The van der Waals surface area contributed by atoms with Crippen LogP contribution in [0.2, 0.25) is 0 Å². The van der Waals surface area contributed by atoms with Gasteiger partial charge in [0.25, 0.3) is 0 Å². The van der Waals surface area contributed by atoms with Crippen LogP contribution in [-0.4, -0.2) is 33.5 Å². The zero-order valence-electron chi connectivity index (χ0n) is 7.99. The topological polar surface area (TPSA) is 67.8 Å². The van der Waals surface area contributed by atoms with Crippen LogP contribution in [-0.2, 0) is 14.9 Å². The molecule has 1 N–H and O–H groups in total. The van der Waals surface area contributed by atoms with E-state index in [1.807, 2.05) is 0 Å². The number of hydrogen-bond acceptors (Lipinski definition) is 4. The molecule has 0 aromatic carbocycles. The van der Waals surface area contributed by atoms with Gasteiger partial charge in [-0.2, -0.15) is 0 Å². The minimum Gasteiger partial charge on any atom is -0.396 e. The summed E-state index contributed by atoms with van der Waals surface area (Å²) in [4.78, 5) is 4.77. The Morgan fingerprint density at radius 1 is 1.54 bits per heavy atom. The minimum absolute atomic E-state index is 0.112. The van der Waals surface area contributed by atoms with Crippen molar-refractivity contribution in [1.82, 2.24) is 4.72 Å². The number of nitrogens with zero attached hydrogens (tertiary/aromatic N) is 1. The molecule has 0 aliphatic rings. The standard InChI is InChI=1S/C7H16N2O3S/c1-3-8-12-7-5-6-9-13(10,11)4-2/h3,9H,4-7H2,1-2H3. The van der Waals surface area contributed by atoms with Gasteiger partial charge in [0.15, 0.2) is 0 Å². The van der Waals surface area contributed by atoms with E-state index in [0.29, 0.717) is 19.6 Å². The third-order valence-corrected chi connectivity index (χ3v) is 2.70. The maximum atomic E-state index is 10.9. The molecule has 0 aromatic heterocycles. The Morgan fingerprint density at radius 3 is 2.77 bits per heavy atom. The smallest absolute Gasteiger partial charge is 0.211 e. The van der Waals surface area contributed by atoms with Gasteiger partial charge in [0.05, 0.1) is 5.75 Å². The zero-order valence-corrected chi connectivity index (χ0v) is 8.80. The first-order valence-electron chi connectivity index (χ1n) is 4.19. The molecule has 6 heteroatoms.